The highest BCUT2D eigenvalue weighted by Gasteiger charge is 2.15. The predicted molar refractivity (Wildman–Crippen MR) is 60.1 cm³/mol. The molecule has 1 heterocycles. The average Bonchev–Trinajstić information content (AvgIpc) is 2.16. The lowest BCUT2D eigenvalue weighted by atomic mass is 10.1. The van der Waals surface area contributed by atoms with Gasteiger partial charge in [0.05, 0.1) is 7.11 Å². The van der Waals surface area contributed by atoms with E-state index in [-0.39, 0.29) is 0 Å². The third kappa shape index (κ3) is 2.42. The highest BCUT2D eigenvalue weighted by molar-refractivity contribution is 7.99. The van der Waals surface area contributed by atoms with Gasteiger partial charge in [-0.05, 0) is 37.2 Å². The molecule has 3 heteroatoms. The standard InChI is InChI=1S/C11H15NOS/c1-13-10-2-4-11(5-3-10)14-8-9-6-7-12-9/h2-5,9,12H,6-8H2,1H3. The SMILES string of the molecule is COc1ccc(SCC2CCN2)cc1. The lowest BCUT2D eigenvalue weighted by molar-refractivity contribution is 0.405. The van der Waals surface area contributed by atoms with E-state index < -0.39 is 0 Å². The van der Waals surface area contributed by atoms with Crippen LogP contribution >= 0.6 is 11.8 Å². The van der Waals surface area contributed by atoms with Crippen LogP contribution in [0.2, 0.25) is 0 Å². The summed E-state index contributed by atoms with van der Waals surface area (Å²) in [6, 6.07) is 8.97. The lowest BCUT2D eigenvalue weighted by Crippen LogP contribution is -2.44. The van der Waals surface area contributed by atoms with E-state index in [0.717, 1.165) is 11.8 Å². The van der Waals surface area contributed by atoms with Gasteiger partial charge in [-0.2, -0.15) is 0 Å². The van der Waals surface area contributed by atoms with E-state index in [0.29, 0.717) is 0 Å². The van der Waals surface area contributed by atoms with Crippen LogP contribution in [0.25, 0.3) is 0 Å². The van der Waals surface area contributed by atoms with Crippen molar-refractivity contribution in [2.24, 2.45) is 0 Å². The molecule has 0 saturated carbocycles. The molecule has 0 radical (unpaired) electrons. The second-order valence-corrected chi connectivity index (χ2v) is 4.52. The zero-order chi connectivity index (χ0) is 9.80. The normalized spacial score (nSPS) is 20.2. The minimum Gasteiger partial charge on any atom is -0.497 e. The van der Waals surface area contributed by atoms with Crippen LogP contribution in [0.5, 0.6) is 5.75 Å². The number of rotatable bonds is 4. The van der Waals surface area contributed by atoms with Gasteiger partial charge in [-0.25, -0.2) is 0 Å². The molecule has 1 aromatic rings. The second-order valence-electron chi connectivity index (χ2n) is 3.43. The Balaban J connectivity index is 1.83. The van der Waals surface area contributed by atoms with Gasteiger partial charge in [-0.1, -0.05) is 0 Å². The Labute approximate surface area is 89.0 Å². The van der Waals surface area contributed by atoms with E-state index in [9.17, 15) is 0 Å². The summed E-state index contributed by atoms with van der Waals surface area (Å²) in [5, 5.41) is 3.39. The third-order valence-corrected chi connectivity index (χ3v) is 3.61. The molecule has 1 atom stereocenters. The van der Waals surface area contributed by atoms with Gasteiger partial charge in [-0.3, -0.25) is 0 Å². The third-order valence-electron chi connectivity index (χ3n) is 2.44. The Bertz CT molecular complexity index is 282. The molecule has 0 aromatic heterocycles. The Kier molecular flexibility index (Phi) is 3.32. The van der Waals surface area contributed by atoms with E-state index in [1.807, 2.05) is 23.9 Å². The Morgan fingerprint density at radius 3 is 2.64 bits per heavy atom. The average molecular weight is 209 g/mol. The van der Waals surface area contributed by atoms with Crippen LogP contribution in [-0.4, -0.2) is 25.4 Å². The molecule has 1 N–H and O–H groups in total. The van der Waals surface area contributed by atoms with Crippen molar-refractivity contribution < 1.29 is 4.74 Å². The van der Waals surface area contributed by atoms with Crippen LogP contribution in [-0.2, 0) is 0 Å². The summed E-state index contributed by atoms with van der Waals surface area (Å²) in [6.45, 7) is 1.19. The number of hydrogen-bond acceptors (Lipinski definition) is 3. The highest BCUT2D eigenvalue weighted by atomic mass is 32.2. The zero-order valence-electron chi connectivity index (χ0n) is 8.32. The minimum absolute atomic E-state index is 0.724. The summed E-state index contributed by atoms with van der Waals surface area (Å²) in [6.07, 6.45) is 1.32. The van der Waals surface area contributed by atoms with Crippen LogP contribution in [0.1, 0.15) is 6.42 Å². The summed E-state index contributed by atoms with van der Waals surface area (Å²) in [4.78, 5) is 1.32. The maximum Gasteiger partial charge on any atom is 0.118 e. The molecule has 1 aliphatic rings. The summed E-state index contributed by atoms with van der Waals surface area (Å²) < 4.78 is 5.11. The maximum atomic E-state index is 5.11. The first-order valence-electron chi connectivity index (χ1n) is 4.89. The van der Waals surface area contributed by atoms with Gasteiger partial charge in [0.1, 0.15) is 5.75 Å². The van der Waals surface area contributed by atoms with Crippen molar-refractivity contribution in [1.82, 2.24) is 5.32 Å². The molecule has 2 nitrogen and oxygen atoms in total. The van der Waals surface area contributed by atoms with E-state index >= 15 is 0 Å². The van der Waals surface area contributed by atoms with Gasteiger partial charge in [0, 0.05) is 16.7 Å². The van der Waals surface area contributed by atoms with Crippen LogP contribution in [0, 0.1) is 0 Å². The number of methoxy groups -OCH3 is 1. The summed E-state index contributed by atoms with van der Waals surface area (Å²) in [7, 11) is 1.69. The first-order chi connectivity index (χ1) is 6.88. The molecule has 0 aliphatic carbocycles. The van der Waals surface area contributed by atoms with Crippen molar-refractivity contribution in [3.8, 4) is 5.75 Å². The number of hydrogen-bond donors (Lipinski definition) is 1. The maximum absolute atomic E-state index is 5.11. The van der Waals surface area contributed by atoms with Crippen LogP contribution in [0.15, 0.2) is 29.2 Å². The molecular weight excluding hydrogens is 194 g/mol. The fourth-order valence-corrected chi connectivity index (χ4v) is 2.37. The fraction of sp³-hybridized carbons (Fsp3) is 0.455. The molecule has 14 heavy (non-hydrogen) atoms. The van der Waals surface area contributed by atoms with E-state index in [2.05, 4.69) is 17.4 Å². The van der Waals surface area contributed by atoms with Crippen LogP contribution in [0.3, 0.4) is 0 Å². The molecular formula is C11H15NOS. The minimum atomic E-state index is 0.724. The molecule has 2 rings (SSSR count). The molecule has 1 aliphatic heterocycles. The largest absolute Gasteiger partial charge is 0.497 e. The van der Waals surface area contributed by atoms with Crippen molar-refractivity contribution in [2.75, 3.05) is 19.4 Å². The quantitative estimate of drug-likeness (QED) is 0.768. The smallest absolute Gasteiger partial charge is 0.118 e. The molecule has 0 spiro atoms. The van der Waals surface area contributed by atoms with Crippen molar-refractivity contribution in [3.05, 3.63) is 24.3 Å². The van der Waals surface area contributed by atoms with Crippen molar-refractivity contribution in [2.45, 2.75) is 17.4 Å². The van der Waals surface area contributed by atoms with Crippen molar-refractivity contribution in [3.63, 3.8) is 0 Å². The van der Waals surface area contributed by atoms with Crippen molar-refractivity contribution in [1.29, 1.82) is 0 Å². The molecule has 0 bridgehead atoms. The molecule has 76 valence electrons. The molecule has 1 fully saturated rings. The first-order valence-corrected chi connectivity index (χ1v) is 5.87. The van der Waals surface area contributed by atoms with E-state index in [1.54, 1.807) is 7.11 Å². The van der Waals surface area contributed by atoms with Gasteiger partial charge >= 0.3 is 0 Å². The van der Waals surface area contributed by atoms with Gasteiger partial charge in [0.25, 0.3) is 0 Å². The first kappa shape index (κ1) is 9.87. The lowest BCUT2D eigenvalue weighted by Gasteiger charge is -2.27. The number of nitrogens with one attached hydrogen (secondary N) is 1. The zero-order valence-corrected chi connectivity index (χ0v) is 9.14. The fourth-order valence-electron chi connectivity index (χ4n) is 1.36. The highest BCUT2D eigenvalue weighted by Crippen LogP contribution is 2.23. The van der Waals surface area contributed by atoms with E-state index in [1.165, 1.54) is 23.6 Å². The van der Waals surface area contributed by atoms with Crippen LogP contribution in [0.4, 0.5) is 0 Å². The number of benzene rings is 1. The van der Waals surface area contributed by atoms with E-state index in [4.69, 9.17) is 4.74 Å². The van der Waals surface area contributed by atoms with Gasteiger partial charge in [0.15, 0.2) is 0 Å². The summed E-state index contributed by atoms with van der Waals surface area (Å²) in [5.41, 5.74) is 0. The predicted octanol–water partition coefficient (Wildman–Crippen LogP) is 2.15. The Morgan fingerprint density at radius 1 is 1.43 bits per heavy atom. The topological polar surface area (TPSA) is 21.3 Å². The summed E-state index contributed by atoms with van der Waals surface area (Å²) in [5.74, 6) is 2.10. The van der Waals surface area contributed by atoms with Gasteiger partial charge in [-0.15, -0.1) is 11.8 Å². The molecule has 1 unspecified atom stereocenters. The Morgan fingerprint density at radius 2 is 2.14 bits per heavy atom. The number of ether oxygens (including phenoxy) is 1. The number of thioether (sulfide) groups is 1. The second kappa shape index (κ2) is 4.71. The molecule has 1 saturated heterocycles. The van der Waals surface area contributed by atoms with Gasteiger partial charge in [0.2, 0.25) is 0 Å². The van der Waals surface area contributed by atoms with Crippen LogP contribution < -0.4 is 10.1 Å². The van der Waals surface area contributed by atoms with Gasteiger partial charge < -0.3 is 10.1 Å². The molecule has 0 amide bonds. The monoisotopic (exact) mass is 209 g/mol. The Hall–Kier alpha value is -0.670. The van der Waals surface area contributed by atoms with Crippen molar-refractivity contribution >= 4 is 11.8 Å². The summed E-state index contributed by atoms with van der Waals surface area (Å²) >= 11 is 1.91. The molecule has 1 aromatic carbocycles.